The smallest absolute Gasteiger partial charge is 0.261 e. The summed E-state index contributed by atoms with van der Waals surface area (Å²) in [7, 11) is 1.57. The van der Waals surface area contributed by atoms with Crippen molar-refractivity contribution in [2.75, 3.05) is 13.7 Å². The molecule has 0 aliphatic carbocycles. The molecular formula is C25H24BrClN2O3. The molecule has 0 radical (unpaired) electrons. The van der Waals surface area contributed by atoms with Crippen molar-refractivity contribution >= 4 is 39.3 Å². The number of likely N-dealkylation sites (N-methyl/N-ethyl adjacent to an activating group) is 1. The highest BCUT2D eigenvalue weighted by atomic mass is 79.9. The van der Waals surface area contributed by atoms with Crippen molar-refractivity contribution in [1.29, 1.82) is 0 Å². The van der Waals surface area contributed by atoms with Crippen molar-refractivity contribution in [3.8, 4) is 5.75 Å². The number of halogens is 2. The van der Waals surface area contributed by atoms with E-state index in [1.165, 1.54) is 0 Å². The van der Waals surface area contributed by atoms with Gasteiger partial charge >= 0.3 is 0 Å². The topological polar surface area (TPSA) is 58.6 Å². The minimum Gasteiger partial charge on any atom is -0.482 e. The van der Waals surface area contributed by atoms with Crippen LogP contribution in [-0.2, 0) is 22.6 Å². The molecule has 0 spiro atoms. The summed E-state index contributed by atoms with van der Waals surface area (Å²) in [5.41, 5.74) is 1.88. The number of amides is 2. The van der Waals surface area contributed by atoms with E-state index in [-0.39, 0.29) is 25.0 Å². The summed E-state index contributed by atoms with van der Waals surface area (Å²) < 4.78 is 6.52. The Bertz CT molecular complexity index is 1050. The van der Waals surface area contributed by atoms with Crippen LogP contribution in [0.3, 0.4) is 0 Å². The number of rotatable bonds is 9. The predicted octanol–water partition coefficient (Wildman–Crippen LogP) is 4.87. The van der Waals surface area contributed by atoms with Crippen LogP contribution in [0.5, 0.6) is 5.75 Å². The first kappa shape index (κ1) is 23.8. The van der Waals surface area contributed by atoms with Crippen LogP contribution in [0.2, 0.25) is 5.02 Å². The minimum absolute atomic E-state index is 0.236. The fourth-order valence-corrected chi connectivity index (χ4v) is 4.04. The molecule has 3 aromatic rings. The zero-order valence-corrected chi connectivity index (χ0v) is 20.0. The Morgan fingerprint density at radius 3 is 2.22 bits per heavy atom. The Morgan fingerprint density at radius 2 is 1.62 bits per heavy atom. The fraction of sp³-hybridized carbons (Fsp3) is 0.200. The number of nitrogens with zero attached hydrogens (tertiary/aromatic N) is 1. The monoisotopic (exact) mass is 514 g/mol. The average Bonchev–Trinajstić information content (AvgIpc) is 2.81. The van der Waals surface area contributed by atoms with Gasteiger partial charge in [-0.25, -0.2) is 0 Å². The van der Waals surface area contributed by atoms with Crippen molar-refractivity contribution < 1.29 is 14.3 Å². The Balaban J connectivity index is 1.86. The second kappa shape index (κ2) is 11.7. The molecule has 0 heterocycles. The highest BCUT2D eigenvalue weighted by Crippen LogP contribution is 2.28. The van der Waals surface area contributed by atoms with Crippen molar-refractivity contribution in [1.82, 2.24) is 10.2 Å². The van der Waals surface area contributed by atoms with Crippen LogP contribution in [0, 0.1) is 0 Å². The van der Waals surface area contributed by atoms with Gasteiger partial charge in [0.05, 0.1) is 5.02 Å². The van der Waals surface area contributed by atoms with Crippen LogP contribution in [0.4, 0.5) is 0 Å². The molecule has 1 atom stereocenters. The number of hydrogen-bond donors (Lipinski definition) is 1. The molecule has 32 heavy (non-hydrogen) atoms. The minimum atomic E-state index is -0.695. The Labute approximate surface area is 201 Å². The largest absolute Gasteiger partial charge is 0.482 e. The maximum absolute atomic E-state index is 13.3. The third kappa shape index (κ3) is 6.58. The van der Waals surface area contributed by atoms with E-state index < -0.39 is 6.04 Å². The average molecular weight is 516 g/mol. The standard InChI is InChI=1S/C25H24BrClN2O3/c1-28-25(31)22(14-18-8-4-2-5-9-18)29(16-19-10-6-3-7-11-19)24(30)17-32-23-13-12-20(26)15-21(23)27/h2-13,15,22H,14,16-17H2,1H3,(H,28,31)/t22-/m1/s1. The molecule has 2 amide bonds. The van der Waals surface area contributed by atoms with Crippen LogP contribution < -0.4 is 10.1 Å². The van der Waals surface area contributed by atoms with Crippen LogP contribution in [0.15, 0.2) is 83.3 Å². The Hall–Kier alpha value is -2.83. The zero-order chi connectivity index (χ0) is 22.9. The van der Waals surface area contributed by atoms with Crippen molar-refractivity contribution in [3.63, 3.8) is 0 Å². The zero-order valence-electron chi connectivity index (χ0n) is 17.6. The SMILES string of the molecule is CNC(=O)[C@@H](Cc1ccccc1)N(Cc1ccccc1)C(=O)COc1ccc(Br)cc1Cl. The third-order valence-electron chi connectivity index (χ3n) is 4.96. The highest BCUT2D eigenvalue weighted by Gasteiger charge is 2.30. The van der Waals surface area contributed by atoms with Crippen LogP contribution in [0.25, 0.3) is 0 Å². The molecule has 0 saturated carbocycles. The molecule has 0 aliphatic rings. The van der Waals surface area contributed by atoms with Crippen molar-refractivity contribution in [3.05, 3.63) is 99.5 Å². The molecule has 1 N–H and O–H groups in total. The van der Waals surface area contributed by atoms with Crippen molar-refractivity contribution in [2.24, 2.45) is 0 Å². The lowest BCUT2D eigenvalue weighted by atomic mass is 10.0. The summed E-state index contributed by atoms with van der Waals surface area (Å²) in [4.78, 5) is 27.7. The molecule has 0 aromatic heterocycles. The summed E-state index contributed by atoms with van der Waals surface area (Å²) in [5, 5.41) is 3.09. The van der Waals surface area contributed by atoms with Crippen LogP contribution >= 0.6 is 27.5 Å². The Morgan fingerprint density at radius 1 is 1.00 bits per heavy atom. The maximum atomic E-state index is 13.3. The molecule has 166 valence electrons. The van der Waals surface area contributed by atoms with E-state index in [0.29, 0.717) is 17.2 Å². The van der Waals surface area contributed by atoms with E-state index in [1.54, 1.807) is 30.1 Å². The van der Waals surface area contributed by atoms with E-state index in [9.17, 15) is 9.59 Å². The van der Waals surface area contributed by atoms with Gasteiger partial charge in [0.25, 0.3) is 5.91 Å². The van der Waals surface area contributed by atoms with Gasteiger partial charge in [-0.2, -0.15) is 0 Å². The molecule has 0 saturated heterocycles. The van der Waals surface area contributed by atoms with Gasteiger partial charge in [-0.1, -0.05) is 88.2 Å². The lowest BCUT2D eigenvalue weighted by Crippen LogP contribution is -2.51. The number of ether oxygens (including phenoxy) is 1. The van der Waals surface area contributed by atoms with Gasteiger partial charge < -0.3 is 15.0 Å². The normalized spacial score (nSPS) is 11.5. The molecule has 7 heteroatoms. The molecule has 3 aromatic carbocycles. The summed E-state index contributed by atoms with van der Waals surface area (Å²) in [5.74, 6) is -0.139. The number of benzene rings is 3. The Kier molecular flexibility index (Phi) is 8.71. The van der Waals surface area contributed by atoms with Gasteiger partial charge in [-0.15, -0.1) is 0 Å². The summed E-state index contributed by atoms with van der Waals surface area (Å²) >= 11 is 9.57. The number of nitrogens with one attached hydrogen (secondary N) is 1. The van der Waals surface area contributed by atoms with Gasteiger partial charge in [0, 0.05) is 24.5 Å². The van der Waals surface area contributed by atoms with E-state index in [2.05, 4.69) is 21.2 Å². The van der Waals surface area contributed by atoms with Gasteiger partial charge in [0.2, 0.25) is 5.91 Å². The lowest BCUT2D eigenvalue weighted by molar-refractivity contribution is -0.142. The predicted molar refractivity (Wildman–Crippen MR) is 130 cm³/mol. The van der Waals surface area contributed by atoms with E-state index in [1.807, 2.05) is 60.7 Å². The van der Waals surface area contributed by atoms with Crippen molar-refractivity contribution in [2.45, 2.75) is 19.0 Å². The second-order valence-corrected chi connectivity index (χ2v) is 8.51. The van der Waals surface area contributed by atoms with E-state index >= 15 is 0 Å². The van der Waals surface area contributed by atoms with Crippen LogP contribution in [0.1, 0.15) is 11.1 Å². The first-order chi connectivity index (χ1) is 15.5. The number of hydrogen-bond acceptors (Lipinski definition) is 3. The summed E-state index contributed by atoms with van der Waals surface area (Å²) in [6.45, 7) is 0.0402. The van der Waals surface area contributed by atoms with Gasteiger partial charge in [0.1, 0.15) is 11.8 Å². The number of carbonyl (C=O) groups excluding carboxylic acids is 2. The molecule has 0 unspecified atom stereocenters. The number of carbonyl (C=O) groups is 2. The third-order valence-corrected chi connectivity index (χ3v) is 5.75. The molecule has 5 nitrogen and oxygen atoms in total. The van der Waals surface area contributed by atoms with Gasteiger partial charge in [0.15, 0.2) is 6.61 Å². The van der Waals surface area contributed by atoms with Gasteiger partial charge in [-0.05, 0) is 29.3 Å². The second-order valence-electron chi connectivity index (χ2n) is 7.19. The lowest BCUT2D eigenvalue weighted by Gasteiger charge is -2.31. The van der Waals surface area contributed by atoms with Gasteiger partial charge in [-0.3, -0.25) is 9.59 Å². The molecule has 0 fully saturated rings. The first-order valence-corrected chi connectivity index (χ1v) is 11.3. The molecule has 3 rings (SSSR count). The highest BCUT2D eigenvalue weighted by molar-refractivity contribution is 9.10. The molecule has 0 aliphatic heterocycles. The first-order valence-electron chi connectivity index (χ1n) is 10.1. The van der Waals surface area contributed by atoms with E-state index in [4.69, 9.17) is 16.3 Å². The summed E-state index contributed by atoms with van der Waals surface area (Å²) in [6.07, 6.45) is 0.387. The summed E-state index contributed by atoms with van der Waals surface area (Å²) in [6, 6.07) is 23.7. The quantitative estimate of drug-likeness (QED) is 0.442. The molecular weight excluding hydrogens is 492 g/mol. The van der Waals surface area contributed by atoms with E-state index in [0.717, 1.165) is 15.6 Å². The maximum Gasteiger partial charge on any atom is 0.261 e. The fourth-order valence-electron chi connectivity index (χ4n) is 3.32. The molecule has 0 bridgehead atoms. The van der Waals surface area contributed by atoms with Crippen LogP contribution in [-0.4, -0.2) is 36.4 Å².